The van der Waals surface area contributed by atoms with Crippen LogP contribution < -0.4 is 5.32 Å². The third-order valence-electron chi connectivity index (χ3n) is 5.22. The Bertz CT molecular complexity index is 571. The van der Waals surface area contributed by atoms with E-state index in [9.17, 15) is 9.59 Å². The van der Waals surface area contributed by atoms with Gasteiger partial charge in [-0.1, -0.05) is 6.07 Å². The van der Waals surface area contributed by atoms with E-state index in [0.29, 0.717) is 23.6 Å². The van der Waals surface area contributed by atoms with E-state index in [2.05, 4.69) is 10.3 Å². The van der Waals surface area contributed by atoms with Crippen molar-refractivity contribution in [3.63, 3.8) is 0 Å². The lowest BCUT2D eigenvalue weighted by atomic mass is 10.0. The lowest BCUT2D eigenvalue weighted by Crippen LogP contribution is -2.34. The summed E-state index contributed by atoms with van der Waals surface area (Å²) in [4.78, 5) is 30.6. The largest absolute Gasteiger partial charge is 0.353 e. The van der Waals surface area contributed by atoms with Crippen molar-refractivity contribution in [2.24, 2.45) is 17.8 Å². The van der Waals surface area contributed by atoms with E-state index in [1.165, 1.54) is 0 Å². The number of aromatic nitrogens is 1. The van der Waals surface area contributed by atoms with Crippen LogP contribution in [0.5, 0.6) is 0 Å². The lowest BCUT2D eigenvalue weighted by Gasteiger charge is -2.18. The monoisotopic (exact) mass is 299 g/mol. The van der Waals surface area contributed by atoms with Crippen molar-refractivity contribution in [3.05, 3.63) is 30.1 Å². The van der Waals surface area contributed by atoms with Gasteiger partial charge in [0.25, 0.3) is 5.91 Å². The molecule has 5 nitrogen and oxygen atoms in total. The van der Waals surface area contributed by atoms with Gasteiger partial charge in [0.1, 0.15) is 5.69 Å². The van der Waals surface area contributed by atoms with Gasteiger partial charge in [-0.25, -0.2) is 0 Å². The third-order valence-corrected chi connectivity index (χ3v) is 5.22. The van der Waals surface area contributed by atoms with Gasteiger partial charge in [-0.05, 0) is 49.7 Å². The van der Waals surface area contributed by atoms with E-state index in [-0.39, 0.29) is 17.7 Å². The second-order valence-electron chi connectivity index (χ2n) is 6.90. The smallest absolute Gasteiger partial charge is 0.272 e. The molecular formula is C17H21N3O2. The van der Waals surface area contributed by atoms with E-state index < -0.39 is 0 Å². The van der Waals surface area contributed by atoms with E-state index in [1.54, 1.807) is 12.3 Å². The average molecular weight is 299 g/mol. The van der Waals surface area contributed by atoms with Gasteiger partial charge >= 0.3 is 0 Å². The van der Waals surface area contributed by atoms with Crippen LogP contribution in [0.4, 0.5) is 0 Å². The molecule has 1 saturated heterocycles. The van der Waals surface area contributed by atoms with Crippen LogP contribution in [-0.4, -0.2) is 40.8 Å². The van der Waals surface area contributed by atoms with Crippen LogP contribution in [0.25, 0.3) is 0 Å². The Labute approximate surface area is 130 Å². The van der Waals surface area contributed by atoms with Gasteiger partial charge in [0, 0.05) is 31.2 Å². The number of carbonyl (C=O) groups is 2. The van der Waals surface area contributed by atoms with Gasteiger partial charge in [-0.2, -0.15) is 0 Å². The first-order valence-electron chi connectivity index (χ1n) is 8.21. The van der Waals surface area contributed by atoms with Gasteiger partial charge in [-0.3, -0.25) is 14.6 Å². The van der Waals surface area contributed by atoms with Crippen LogP contribution >= 0.6 is 0 Å². The van der Waals surface area contributed by atoms with Crippen LogP contribution in [-0.2, 0) is 4.79 Å². The summed E-state index contributed by atoms with van der Waals surface area (Å²) in [6, 6.07) is 5.87. The molecule has 2 aliphatic carbocycles. The number of carbonyl (C=O) groups excluding carboxylic acids is 2. The zero-order chi connectivity index (χ0) is 15.1. The highest BCUT2D eigenvalue weighted by atomic mass is 16.2. The van der Waals surface area contributed by atoms with Crippen molar-refractivity contribution < 1.29 is 9.59 Å². The minimum Gasteiger partial charge on any atom is -0.353 e. The molecule has 5 heteroatoms. The maximum Gasteiger partial charge on any atom is 0.272 e. The van der Waals surface area contributed by atoms with Gasteiger partial charge < -0.3 is 10.2 Å². The Balaban J connectivity index is 1.35. The molecule has 0 radical (unpaired) electrons. The van der Waals surface area contributed by atoms with Crippen LogP contribution in [0.2, 0.25) is 0 Å². The Morgan fingerprint density at radius 3 is 2.45 bits per heavy atom. The first-order valence-corrected chi connectivity index (χ1v) is 8.21. The summed E-state index contributed by atoms with van der Waals surface area (Å²) in [5.41, 5.74) is 0.519. The number of pyridine rings is 1. The Morgan fingerprint density at radius 1 is 1.14 bits per heavy atom. The van der Waals surface area contributed by atoms with E-state index in [4.69, 9.17) is 0 Å². The van der Waals surface area contributed by atoms with Crippen LogP contribution in [0, 0.1) is 17.8 Å². The summed E-state index contributed by atoms with van der Waals surface area (Å²) < 4.78 is 0. The Morgan fingerprint density at radius 2 is 1.86 bits per heavy atom. The lowest BCUT2D eigenvalue weighted by molar-refractivity contribution is -0.125. The number of hydrogen-bond donors (Lipinski definition) is 1. The molecule has 3 aliphatic rings. The summed E-state index contributed by atoms with van der Waals surface area (Å²) in [6.45, 7) is 1.54. The highest BCUT2D eigenvalue weighted by Gasteiger charge is 2.45. The fraction of sp³-hybridized carbons (Fsp3) is 0.588. The number of hydrogen-bond acceptors (Lipinski definition) is 3. The maximum absolute atomic E-state index is 12.4. The third kappa shape index (κ3) is 2.60. The molecule has 2 heterocycles. The molecule has 1 aromatic rings. The van der Waals surface area contributed by atoms with Crippen LogP contribution in [0.3, 0.4) is 0 Å². The predicted molar refractivity (Wildman–Crippen MR) is 81.0 cm³/mol. The van der Waals surface area contributed by atoms with Crippen molar-refractivity contribution in [1.82, 2.24) is 15.2 Å². The molecule has 0 aromatic carbocycles. The molecule has 1 unspecified atom stereocenters. The zero-order valence-corrected chi connectivity index (χ0v) is 12.6. The fourth-order valence-electron chi connectivity index (χ4n) is 3.88. The topological polar surface area (TPSA) is 62.3 Å². The van der Waals surface area contributed by atoms with Gasteiger partial charge in [-0.15, -0.1) is 0 Å². The second kappa shape index (κ2) is 5.38. The quantitative estimate of drug-likeness (QED) is 0.919. The molecular weight excluding hydrogens is 278 g/mol. The SMILES string of the molecule is O=C(NC1CC1)C1C[C@@H]2CN(C(=O)c3ccccn3)C[C@@H]2C1. The molecule has 22 heavy (non-hydrogen) atoms. The summed E-state index contributed by atoms with van der Waals surface area (Å²) in [5.74, 6) is 1.36. The van der Waals surface area contributed by atoms with Crippen molar-refractivity contribution >= 4 is 11.8 Å². The molecule has 3 atom stereocenters. The van der Waals surface area contributed by atoms with E-state index >= 15 is 0 Å². The fourth-order valence-corrected chi connectivity index (χ4v) is 3.88. The maximum atomic E-state index is 12.4. The predicted octanol–water partition coefficient (Wildman–Crippen LogP) is 1.46. The first kappa shape index (κ1) is 13.7. The summed E-state index contributed by atoms with van der Waals surface area (Å²) in [6.07, 6.45) is 5.78. The van der Waals surface area contributed by atoms with E-state index in [1.807, 2.05) is 17.0 Å². The molecule has 1 aromatic heterocycles. The molecule has 4 rings (SSSR count). The summed E-state index contributed by atoms with van der Waals surface area (Å²) >= 11 is 0. The molecule has 2 amide bonds. The molecule has 1 aliphatic heterocycles. The second-order valence-corrected chi connectivity index (χ2v) is 6.90. The highest BCUT2D eigenvalue weighted by molar-refractivity contribution is 5.92. The molecule has 0 spiro atoms. The molecule has 3 fully saturated rings. The van der Waals surface area contributed by atoms with Crippen molar-refractivity contribution in [2.45, 2.75) is 31.7 Å². The molecule has 0 bridgehead atoms. The number of rotatable bonds is 3. The zero-order valence-electron chi connectivity index (χ0n) is 12.6. The van der Waals surface area contributed by atoms with E-state index in [0.717, 1.165) is 38.8 Å². The van der Waals surface area contributed by atoms with Crippen LogP contribution in [0.15, 0.2) is 24.4 Å². The standard InChI is InChI=1S/C17H21N3O2/c21-16(19-14-4-5-14)11-7-12-9-20(10-13(12)8-11)17(22)15-3-1-2-6-18-15/h1-3,6,11-14H,4-5,7-10H2,(H,19,21)/t11?,12-,13+. The van der Waals surface area contributed by atoms with Crippen molar-refractivity contribution in [2.75, 3.05) is 13.1 Å². The molecule has 1 N–H and O–H groups in total. The minimum absolute atomic E-state index is 0.0222. The van der Waals surface area contributed by atoms with Gasteiger partial charge in [0.15, 0.2) is 0 Å². The van der Waals surface area contributed by atoms with Gasteiger partial charge in [0.05, 0.1) is 0 Å². The summed E-state index contributed by atoms with van der Waals surface area (Å²) in [5, 5.41) is 3.12. The van der Waals surface area contributed by atoms with Crippen LogP contribution in [0.1, 0.15) is 36.2 Å². The number of fused-ring (bicyclic) bond motifs is 1. The average Bonchev–Trinajstić information content (AvgIpc) is 3.11. The Hall–Kier alpha value is -1.91. The number of amides is 2. The van der Waals surface area contributed by atoms with Crippen molar-refractivity contribution in [1.29, 1.82) is 0 Å². The number of nitrogens with zero attached hydrogens (tertiary/aromatic N) is 2. The highest BCUT2D eigenvalue weighted by Crippen LogP contribution is 2.42. The minimum atomic E-state index is 0.0222. The number of nitrogens with one attached hydrogen (secondary N) is 1. The Kier molecular flexibility index (Phi) is 3.36. The molecule has 116 valence electrons. The normalized spacial score (nSPS) is 30.2. The van der Waals surface area contributed by atoms with Crippen molar-refractivity contribution in [3.8, 4) is 0 Å². The molecule has 2 saturated carbocycles. The first-order chi connectivity index (χ1) is 10.7. The van der Waals surface area contributed by atoms with Gasteiger partial charge in [0.2, 0.25) is 5.91 Å². The number of likely N-dealkylation sites (tertiary alicyclic amines) is 1. The summed E-state index contributed by atoms with van der Waals surface area (Å²) in [7, 11) is 0.